The van der Waals surface area contributed by atoms with Crippen LogP contribution in [0.3, 0.4) is 0 Å². The molecule has 70 valence electrons. The molecule has 4 heteroatoms. The first-order valence-corrected chi connectivity index (χ1v) is 4.27. The molecule has 0 aromatic carbocycles. The summed E-state index contributed by atoms with van der Waals surface area (Å²) in [6.07, 6.45) is 5.82. The van der Waals surface area contributed by atoms with Gasteiger partial charge >= 0.3 is 0 Å². The second-order valence-corrected chi connectivity index (χ2v) is 2.79. The minimum Gasteiger partial charge on any atom is -0.305 e. The maximum atomic E-state index is 8.76. The lowest BCUT2D eigenvalue weighted by molar-refractivity contribution is 0.393. The summed E-state index contributed by atoms with van der Waals surface area (Å²) in [4.78, 5) is 5.49. The third-order valence-electron chi connectivity index (χ3n) is 1.73. The zero-order valence-electron chi connectivity index (χ0n) is 7.72. The standard InChI is InChI=1S/C10H10N4/c11-4-2-6-14(9-12)8-10-3-1-5-13-7-10/h1,3,5,7H,2,6,8H2. The summed E-state index contributed by atoms with van der Waals surface area (Å²) in [6.45, 7) is 0.994. The van der Waals surface area contributed by atoms with Crippen LogP contribution in [0.25, 0.3) is 0 Å². The van der Waals surface area contributed by atoms with E-state index in [0.717, 1.165) is 5.56 Å². The van der Waals surface area contributed by atoms with Crippen molar-refractivity contribution in [2.75, 3.05) is 6.54 Å². The Kier molecular flexibility index (Phi) is 3.97. The van der Waals surface area contributed by atoms with Gasteiger partial charge in [0.2, 0.25) is 0 Å². The van der Waals surface area contributed by atoms with Gasteiger partial charge in [0.25, 0.3) is 0 Å². The Hall–Kier alpha value is -2.07. The highest BCUT2D eigenvalue weighted by Gasteiger charge is 2.01. The van der Waals surface area contributed by atoms with Crippen molar-refractivity contribution >= 4 is 0 Å². The molecule has 1 heterocycles. The molecular weight excluding hydrogens is 176 g/mol. The quantitative estimate of drug-likeness (QED) is 0.524. The van der Waals surface area contributed by atoms with Crippen LogP contribution in [-0.4, -0.2) is 16.4 Å². The van der Waals surface area contributed by atoms with E-state index >= 15 is 0 Å². The average Bonchev–Trinajstić information content (AvgIpc) is 2.25. The fraction of sp³-hybridized carbons (Fsp3) is 0.300. The van der Waals surface area contributed by atoms with Crippen LogP contribution >= 0.6 is 0 Å². The molecule has 1 rings (SSSR count). The van der Waals surface area contributed by atoms with Crippen LogP contribution < -0.4 is 0 Å². The predicted molar refractivity (Wildman–Crippen MR) is 50.5 cm³/mol. The van der Waals surface area contributed by atoms with Crippen LogP contribution in [0.4, 0.5) is 0 Å². The fourth-order valence-corrected chi connectivity index (χ4v) is 1.06. The summed E-state index contributed by atoms with van der Waals surface area (Å²) in [5.74, 6) is 0. The molecule has 4 nitrogen and oxygen atoms in total. The summed E-state index contributed by atoms with van der Waals surface area (Å²) in [6, 6.07) is 5.74. The average molecular weight is 186 g/mol. The third-order valence-corrected chi connectivity index (χ3v) is 1.73. The lowest BCUT2D eigenvalue weighted by Crippen LogP contribution is -2.18. The molecule has 0 saturated heterocycles. The molecule has 0 atom stereocenters. The van der Waals surface area contributed by atoms with Crippen LogP contribution in [0.5, 0.6) is 0 Å². The van der Waals surface area contributed by atoms with Crippen molar-refractivity contribution < 1.29 is 0 Å². The molecule has 0 bridgehead atoms. The van der Waals surface area contributed by atoms with Gasteiger partial charge in [-0.05, 0) is 11.6 Å². The second-order valence-electron chi connectivity index (χ2n) is 2.79. The molecule has 1 aromatic heterocycles. The highest BCUT2D eigenvalue weighted by molar-refractivity contribution is 5.09. The predicted octanol–water partition coefficient (Wildman–Crippen LogP) is 1.28. The highest BCUT2D eigenvalue weighted by Crippen LogP contribution is 2.01. The Balaban J connectivity index is 2.51. The number of hydrogen-bond donors (Lipinski definition) is 0. The van der Waals surface area contributed by atoms with Gasteiger partial charge in [-0.15, -0.1) is 0 Å². The zero-order valence-corrected chi connectivity index (χ0v) is 7.72. The molecule has 0 fully saturated rings. The summed E-state index contributed by atoms with van der Waals surface area (Å²) in [5.41, 5.74) is 0.979. The van der Waals surface area contributed by atoms with Crippen molar-refractivity contribution in [1.29, 1.82) is 10.5 Å². The number of nitrogens with zero attached hydrogens (tertiary/aromatic N) is 4. The first-order valence-electron chi connectivity index (χ1n) is 4.27. The van der Waals surface area contributed by atoms with Crippen LogP contribution in [0, 0.1) is 22.8 Å². The van der Waals surface area contributed by atoms with Gasteiger partial charge in [-0.3, -0.25) is 4.98 Å². The first kappa shape index (κ1) is 10.0. The van der Waals surface area contributed by atoms with Gasteiger partial charge in [0.05, 0.1) is 19.0 Å². The molecule has 1 aromatic rings. The molecule has 0 N–H and O–H groups in total. The van der Waals surface area contributed by atoms with E-state index in [0.29, 0.717) is 19.5 Å². The van der Waals surface area contributed by atoms with Crippen LogP contribution in [0.1, 0.15) is 12.0 Å². The molecule has 0 radical (unpaired) electrons. The summed E-state index contributed by atoms with van der Waals surface area (Å²) in [7, 11) is 0. The zero-order chi connectivity index (χ0) is 10.2. The van der Waals surface area contributed by atoms with E-state index in [1.807, 2.05) is 24.4 Å². The Morgan fingerprint density at radius 1 is 1.43 bits per heavy atom. The smallest absolute Gasteiger partial charge is 0.179 e. The van der Waals surface area contributed by atoms with E-state index in [-0.39, 0.29) is 0 Å². The molecule has 0 aliphatic heterocycles. The summed E-state index contributed by atoms with van der Waals surface area (Å²) in [5, 5.41) is 17.1. The molecule has 14 heavy (non-hydrogen) atoms. The molecule has 0 amide bonds. The Bertz CT molecular complexity index is 347. The van der Waals surface area contributed by atoms with Gasteiger partial charge in [-0.2, -0.15) is 10.5 Å². The van der Waals surface area contributed by atoms with Crippen molar-refractivity contribution in [3.8, 4) is 12.3 Å². The van der Waals surface area contributed by atoms with Gasteiger partial charge in [0.15, 0.2) is 6.19 Å². The van der Waals surface area contributed by atoms with Crippen LogP contribution in [-0.2, 0) is 6.54 Å². The molecule has 0 aliphatic rings. The van der Waals surface area contributed by atoms with E-state index in [4.69, 9.17) is 10.5 Å². The lowest BCUT2D eigenvalue weighted by atomic mass is 10.2. The van der Waals surface area contributed by atoms with E-state index in [1.54, 1.807) is 17.3 Å². The molecule has 0 aliphatic carbocycles. The van der Waals surface area contributed by atoms with Crippen LogP contribution in [0.15, 0.2) is 24.5 Å². The minimum atomic E-state index is 0.369. The summed E-state index contributed by atoms with van der Waals surface area (Å²) >= 11 is 0. The largest absolute Gasteiger partial charge is 0.305 e. The van der Waals surface area contributed by atoms with Gasteiger partial charge in [0.1, 0.15) is 0 Å². The maximum absolute atomic E-state index is 8.76. The Morgan fingerprint density at radius 3 is 2.86 bits per heavy atom. The number of aromatic nitrogens is 1. The van der Waals surface area contributed by atoms with Crippen molar-refractivity contribution in [2.45, 2.75) is 13.0 Å². The van der Waals surface area contributed by atoms with E-state index in [1.165, 1.54) is 0 Å². The lowest BCUT2D eigenvalue weighted by Gasteiger charge is -2.12. The van der Waals surface area contributed by atoms with Crippen molar-refractivity contribution in [1.82, 2.24) is 9.88 Å². The Labute approximate surface area is 83.0 Å². The van der Waals surface area contributed by atoms with E-state index < -0.39 is 0 Å². The monoisotopic (exact) mass is 186 g/mol. The number of hydrogen-bond acceptors (Lipinski definition) is 4. The minimum absolute atomic E-state index is 0.369. The third kappa shape index (κ3) is 3.12. The van der Waals surface area contributed by atoms with Crippen molar-refractivity contribution in [3.63, 3.8) is 0 Å². The van der Waals surface area contributed by atoms with E-state index in [2.05, 4.69) is 4.98 Å². The SMILES string of the molecule is N#CCCN(C#N)Cc1cccnc1. The number of rotatable bonds is 4. The molecular formula is C10H10N4. The molecule has 0 unspecified atom stereocenters. The van der Waals surface area contributed by atoms with Gasteiger partial charge in [-0.25, -0.2) is 0 Å². The number of pyridine rings is 1. The number of nitriles is 2. The topological polar surface area (TPSA) is 63.7 Å². The first-order chi connectivity index (χ1) is 6.86. The normalized spacial score (nSPS) is 8.71. The molecule has 0 saturated carbocycles. The van der Waals surface area contributed by atoms with Gasteiger partial charge in [0, 0.05) is 18.9 Å². The highest BCUT2D eigenvalue weighted by atomic mass is 15.1. The van der Waals surface area contributed by atoms with Gasteiger partial charge in [-0.1, -0.05) is 6.07 Å². The van der Waals surface area contributed by atoms with E-state index in [9.17, 15) is 0 Å². The molecule has 0 spiro atoms. The van der Waals surface area contributed by atoms with Crippen molar-refractivity contribution in [3.05, 3.63) is 30.1 Å². The van der Waals surface area contributed by atoms with Crippen LogP contribution in [0.2, 0.25) is 0 Å². The maximum Gasteiger partial charge on any atom is 0.179 e. The summed E-state index contributed by atoms with van der Waals surface area (Å²) < 4.78 is 0. The fourth-order valence-electron chi connectivity index (χ4n) is 1.06. The van der Waals surface area contributed by atoms with Gasteiger partial charge < -0.3 is 4.90 Å². The second kappa shape index (κ2) is 5.55. The Morgan fingerprint density at radius 2 is 2.29 bits per heavy atom. The van der Waals surface area contributed by atoms with Crippen molar-refractivity contribution in [2.24, 2.45) is 0 Å².